The van der Waals surface area contributed by atoms with Crippen LogP contribution in [0.3, 0.4) is 0 Å². The number of fused-ring (bicyclic) bond motifs is 1. The highest BCUT2D eigenvalue weighted by Gasteiger charge is 2.26. The van der Waals surface area contributed by atoms with Gasteiger partial charge in [0.1, 0.15) is 0 Å². The van der Waals surface area contributed by atoms with Crippen molar-refractivity contribution < 1.29 is 13.2 Å². The summed E-state index contributed by atoms with van der Waals surface area (Å²) in [5, 5.41) is 6.09. The molecule has 0 aromatic heterocycles. The van der Waals surface area contributed by atoms with Crippen LogP contribution < -0.4 is 15.5 Å². The van der Waals surface area contributed by atoms with E-state index in [-0.39, 0.29) is 30.5 Å². The second kappa shape index (κ2) is 10.1. The molecule has 0 radical (unpaired) electrons. The van der Waals surface area contributed by atoms with Gasteiger partial charge in [0, 0.05) is 31.4 Å². The van der Waals surface area contributed by atoms with E-state index in [0.717, 1.165) is 13.0 Å². The molecule has 0 saturated carbocycles. The Hall–Kier alpha value is -1.19. The van der Waals surface area contributed by atoms with E-state index in [9.17, 15) is 13.2 Å². The number of guanidine groups is 1. The quantitative estimate of drug-likeness (QED) is 0.380. The van der Waals surface area contributed by atoms with Crippen molar-refractivity contribution in [1.82, 2.24) is 10.6 Å². The molecule has 1 aliphatic heterocycles. The third kappa shape index (κ3) is 6.91. The van der Waals surface area contributed by atoms with Crippen molar-refractivity contribution in [2.45, 2.75) is 38.9 Å². The third-order valence-corrected chi connectivity index (χ3v) is 4.00. The summed E-state index contributed by atoms with van der Waals surface area (Å²) in [6.07, 6.45) is -4.05. The minimum absolute atomic E-state index is 0. The first-order valence-corrected chi connectivity index (χ1v) is 8.34. The molecule has 8 heteroatoms. The van der Waals surface area contributed by atoms with E-state index in [1.807, 2.05) is 19.1 Å². The highest BCUT2D eigenvalue weighted by Crippen LogP contribution is 2.31. The Morgan fingerprint density at radius 1 is 1.28 bits per heavy atom. The number of benzene rings is 1. The van der Waals surface area contributed by atoms with Crippen molar-refractivity contribution in [3.63, 3.8) is 0 Å². The number of rotatable bonds is 6. The van der Waals surface area contributed by atoms with Crippen molar-refractivity contribution in [3.8, 4) is 0 Å². The molecule has 0 spiro atoms. The lowest BCUT2D eigenvalue weighted by Crippen LogP contribution is -2.43. The first-order chi connectivity index (χ1) is 11.4. The molecule has 1 aromatic carbocycles. The summed E-state index contributed by atoms with van der Waals surface area (Å²) in [6, 6.07) is 8.75. The number of nitrogens with zero attached hydrogens (tertiary/aromatic N) is 2. The first-order valence-electron chi connectivity index (χ1n) is 8.34. The van der Waals surface area contributed by atoms with Gasteiger partial charge in [-0.05, 0) is 31.9 Å². The van der Waals surface area contributed by atoms with Crippen molar-refractivity contribution in [1.29, 1.82) is 0 Å². The lowest BCUT2D eigenvalue weighted by Gasteiger charge is -2.25. The topological polar surface area (TPSA) is 39.7 Å². The van der Waals surface area contributed by atoms with Gasteiger partial charge in [0.25, 0.3) is 0 Å². The number of nitrogens with one attached hydrogen (secondary N) is 2. The fraction of sp³-hybridized carbons (Fsp3) is 0.588. The zero-order valence-corrected chi connectivity index (χ0v) is 16.9. The fourth-order valence-corrected chi connectivity index (χ4v) is 2.90. The summed E-state index contributed by atoms with van der Waals surface area (Å²) >= 11 is 0. The Kier molecular flexibility index (Phi) is 8.81. The molecule has 2 rings (SSSR count). The zero-order valence-electron chi connectivity index (χ0n) is 14.6. The average Bonchev–Trinajstić information content (AvgIpc) is 2.82. The molecule has 0 bridgehead atoms. The van der Waals surface area contributed by atoms with Gasteiger partial charge in [-0.3, -0.25) is 4.99 Å². The Balaban J connectivity index is 0.00000312. The van der Waals surface area contributed by atoms with Crippen molar-refractivity contribution in [2.24, 2.45) is 4.99 Å². The Labute approximate surface area is 164 Å². The van der Waals surface area contributed by atoms with Gasteiger partial charge in [-0.15, -0.1) is 24.0 Å². The molecule has 142 valence electrons. The molecular formula is C17H26F3IN4. The number of hydrogen-bond donors (Lipinski definition) is 2. The van der Waals surface area contributed by atoms with Crippen LogP contribution in [0.5, 0.6) is 0 Å². The molecular weight excluding hydrogens is 444 g/mol. The summed E-state index contributed by atoms with van der Waals surface area (Å²) in [5.74, 6) is 0.432. The maximum atomic E-state index is 12.2. The smallest absolute Gasteiger partial charge is 0.367 e. The Morgan fingerprint density at radius 2 is 2.00 bits per heavy atom. The van der Waals surface area contributed by atoms with E-state index in [2.05, 4.69) is 39.6 Å². The van der Waals surface area contributed by atoms with Crippen LogP contribution in [-0.4, -0.2) is 44.4 Å². The molecule has 0 aliphatic carbocycles. The Bertz CT molecular complexity index is 563. The predicted octanol–water partition coefficient (Wildman–Crippen LogP) is 3.56. The van der Waals surface area contributed by atoms with Crippen molar-refractivity contribution in [3.05, 3.63) is 29.8 Å². The van der Waals surface area contributed by atoms with Crippen LogP contribution >= 0.6 is 24.0 Å². The monoisotopic (exact) mass is 470 g/mol. The molecule has 0 amide bonds. The molecule has 0 fully saturated rings. The van der Waals surface area contributed by atoms with Gasteiger partial charge in [-0.2, -0.15) is 13.2 Å². The zero-order chi connectivity index (χ0) is 17.6. The fourth-order valence-electron chi connectivity index (χ4n) is 2.90. The summed E-state index contributed by atoms with van der Waals surface area (Å²) < 4.78 is 36.6. The maximum Gasteiger partial charge on any atom is 0.390 e. The van der Waals surface area contributed by atoms with E-state index in [1.54, 1.807) is 0 Å². The van der Waals surface area contributed by atoms with Gasteiger partial charge in [-0.1, -0.05) is 18.2 Å². The minimum atomic E-state index is -4.17. The van der Waals surface area contributed by atoms with E-state index >= 15 is 0 Å². The highest BCUT2D eigenvalue weighted by atomic mass is 127. The molecule has 1 aromatic rings. The SMILES string of the molecule is CCNC(=NCCC(F)(F)F)NCCN1c2ccccc2CC1C.I. The third-order valence-electron chi connectivity index (χ3n) is 4.00. The molecule has 25 heavy (non-hydrogen) atoms. The lowest BCUT2D eigenvalue weighted by molar-refractivity contribution is -0.132. The average molecular weight is 470 g/mol. The largest absolute Gasteiger partial charge is 0.390 e. The number of aliphatic imine (C=N–C) groups is 1. The summed E-state index contributed by atoms with van der Waals surface area (Å²) in [7, 11) is 0. The number of para-hydroxylation sites is 1. The molecule has 1 aliphatic rings. The first kappa shape index (κ1) is 21.9. The van der Waals surface area contributed by atoms with Crippen molar-refractivity contribution >= 4 is 35.6 Å². The van der Waals surface area contributed by atoms with E-state index in [0.29, 0.717) is 25.1 Å². The number of alkyl halides is 3. The standard InChI is InChI=1S/C17H25F3N4.HI/c1-3-21-16(22-9-8-17(18,19)20)23-10-11-24-13(2)12-14-6-4-5-7-15(14)24;/h4-7,13H,3,8-12H2,1-2H3,(H2,21,22,23);1H. The molecule has 1 atom stereocenters. The van der Waals surface area contributed by atoms with Gasteiger partial charge < -0.3 is 15.5 Å². The number of anilines is 1. The number of hydrogen-bond acceptors (Lipinski definition) is 2. The predicted molar refractivity (Wildman–Crippen MR) is 107 cm³/mol. The van der Waals surface area contributed by atoms with Gasteiger partial charge in [-0.25, -0.2) is 0 Å². The molecule has 2 N–H and O–H groups in total. The van der Waals surface area contributed by atoms with Crippen molar-refractivity contribution in [2.75, 3.05) is 31.1 Å². The number of halogens is 4. The van der Waals surface area contributed by atoms with Crippen LogP contribution in [0, 0.1) is 0 Å². The van der Waals surface area contributed by atoms with Crippen LogP contribution in [0.4, 0.5) is 18.9 Å². The van der Waals surface area contributed by atoms with E-state index in [4.69, 9.17) is 0 Å². The minimum Gasteiger partial charge on any atom is -0.367 e. The van der Waals surface area contributed by atoms with Crippen LogP contribution in [-0.2, 0) is 6.42 Å². The lowest BCUT2D eigenvalue weighted by atomic mass is 10.1. The van der Waals surface area contributed by atoms with Crippen LogP contribution in [0.15, 0.2) is 29.3 Å². The second-order valence-corrected chi connectivity index (χ2v) is 5.93. The summed E-state index contributed by atoms with van der Waals surface area (Å²) in [6.45, 7) is 5.82. The van der Waals surface area contributed by atoms with Crippen LogP contribution in [0.2, 0.25) is 0 Å². The maximum absolute atomic E-state index is 12.2. The Morgan fingerprint density at radius 3 is 2.68 bits per heavy atom. The normalized spacial score (nSPS) is 17.1. The molecule has 1 unspecified atom stereocenters. The van der Waals surface area contributed by atoms with Crippen LogP contribution in [0.1, 0.15) is 25.8 Å². The van der Waals surface area contributed by atoms with Gasteiger partial charge in [0.2, 0.25) is 0 Å². The van der Waals surface area contributed by atoms with Gasteiger partial charge in [0.05, 0.1) is 13.0 Å². The summed E-state index contributed by atoms with van der Waals surface area (Å²) in [4.78, 5) is 6.30. The second-order valence-electron chi connectivity index (χ2n) is 5.93. The van der Waals surface area contributed by atoms with Crippen LogP contribution in [0.25, 0.3) is 0 Å². The van der Waals surface area contributed by atoms with E-state index < -0.39 is 12.6 Å². The molecule has 1 heterocycles. The highest BCUT2D eigenvalue weighted by molar-refractivity contribution is 14.0. The molecule has 0 saturated heterocycles. The van der Waals surface area contributed by atoms with Gasteiger partial charge >= 0.3 is 6.18 Å². The van der Waals surface area contributed by atoms with E-state index in [1.165, 1.54) is 11.3 Å². The summed E-state index contributed by atoms with van der Waals surface area (Å²) in [5.41, 5.74) is 2.58. The molecule has 4 nitrogen and oxygen atoms in total. The van der Waals surface area contributed by atoms with Gasteiger partial charge in [0.15, 0.2) is 5.96 Å².